The van der Waals surface area contributed by atoms with Crippen molar-refractivity contribution in [1.82, 2.24) is 5.32 Å². The van der Waals surface area contributed by atoms with Gasteiger partial charge >= 0.3 is 0 Å². The summed E-state index contributed by atoms with van der Waals surface area (Å²) < 4.78 is 27.9. The van der Waals surface area contributed by atoms with E-state index in [2.05, 4.69) is 5.32 Å². The number of rotatable bonds is 2. The molecule has 0 spiro atoms. The molecule has 0 aliphatic carbocycles. The fourth-order valence-corrected chi connectivity index (χ4v) is 2.57. The Morgan fingerprint density at radius 2 is 2.05 bits per heavy atom. The average Bonchev–Trinajstić information content (AvgIpc) is 2.80. The predicted octanol–water partition coefficient (Wildman–Crippen LogP) is 1.80. The van der Waals surface area contributed by atoms with Gasteiger partial charge < -0.3 is 10.2 Å². The highest BCUT2D eigenvalue weighted by molar-refractivity contribution is 5.83. The van der Waals surface area contributed by atoms with Gasteiger partial charge in [0.1, 0.15) is 5.69 Å². The molecule has 1 aliphatic rings. The molecule has 0 radical (unpaired) electrons. The molecule has 1 aromatic carbocycles. The van der Waals surface area contributed by atoms with E-state index in [1.807, 2.05) is 0 Å². The van der Waals surface area contributed by atoms with Crippen LogP contribution < -0.4 is 10.2 Å². The number of carbonyl (C=O) groups excluding carboxylic acids is 1. The van der Waals surface area contributed by atoms with Crippen molar-refractivity contribution in [1.29, 1.82) is 5.26 Å². The number of anilines is 1. The number of amides is 1. The quantitative estimate of drug-likeness (QED) is 0.898. The lowest BCUT2D eigenvalue weighted by atomic mass is 9.89. The van der Waals surface area contributed by atoms with E-state index in [1.165, 1.54) is 4.90 Å². The van der Waals surface area contributed by atoms with Gasteiger partial charge in [-0.05, 0) is 25.5 Å². The normalized spacial score (nSPS) is 21.6. The number of halogens is 2. The smallest absolute Gasteiger partial charge is 0.227 e. The molecule has 1 saturated heterocycles. The van der Waals surface area contributed by atoms with Crippen molar-refractivity contribution in [2.75, 3.05) is 25.0 Å². The number of nitrogens with one attached hydrogen (secondary N) is 1. The number of hydrogen-bond acceptors (Lipinski definition) is 3. The second-order valence-electron chi connectivity index (χ2n) is 5.21. The van der Waals surface area contributed by atoms with Crippen LogP contribution in [0.15, 0.2) is 12.1 Å². The van der Waals surface area contributed by atoms with Crippen LogP contribution in [-0.4, -0.2) is 26.0 Å². The van der Waals surface area contributed by atoms with Crippen molar-refractivity contribution >= 4 is 11.6 Å². The van der Waals surface area contributed by atoms with Gasteiger partial charge in [0.05, 0.1) is 17.0 Å². The van der Waals surface area contributed by atoms with Crippen LogP contribution in [0.5, 0.6) is 0 Å². The molecule has 1 aromatic rings. The molecule has 6 heteroatoms. The Morgan fingerprint density at radius 1 is 1.45 bits per heavy atom. The molecular weight excluding hydrogens is 264 g/mol. The third-order valence-corrected chi connectivity index (χ3v) is 3.71. The van der Waals surface area contributed by atoms with Gasteiger partial charge in [-0.3, -0.25) is 4.79 Å². The molecule has 20 heavy (non-hydrogen) atoms. The Hall–Kier alpha value is -2.16. The number of hydrogen-bond donors (Lipinski definition) is 1. The third-order valence-electron chi connectivity index (χ3n) is 3.71. The first kappa shape index (κ1) is 14.3. The molecule has 1 amide bonds. The minimum absolute atomic E-state index is 0.0583. The van der Waals surface area contributed by atoms with Crippen molar-refractivity contribution in [2.45, 2.75) is 13.3 Å². The predicted molar refractivity (Wildman–Crippen MR) is 70.1 cm³/mol. The van der Waals surface area contributed by atoms with Crippen LogP contribution in [0.1, 0.15) is 18.9 Å². The van der Waals surface area contributed by atoms with Crippen LogP contribution in [0.25, 0.3) is 0 Å². The van der Waals surface area contributed by atoms with Crippen molar-refractivity contribution in [2.24, 2.45) is 5.41 Å². The second kappa shape index (κ2) is 5.08. The summed E-state index contributed by atoms with van der Waals surface area (Å²) in [5.74, 6) is -1.69. The standard InChI is InChI=1S/C14H15F2N3O/c1-14(13(20)18-2)3-4-19(8-14)12-10(15)5-9(7-17)6-11(12)16/h5-6H,3-4,8H2,1-2H3,(H,18,20). The van der Waals surface area contributed by atoms with Crippen LogP contribution in [0.3, 0.4) is 0 Å². The van der Waals surface area contributed by atoms with E-state index in [9.17, 15) is 13.6 Å². The molecular formula is C14H15F2N3O. The van der Waals surface area contributed by atoms with Crippen LogP contribution in [0, 0.1) is 28.4 Å². The molecule has 0 bridgehead atoms. The summed E-state index contributed by atoms with van der Waals surface area (Å²) >= 11 is 0. The number of benzene rings is 1. The first-order valence-electron chi connectivity index (χ1n) is 6.27. The summed E-state index contributed by atoms with van der Waals surface area (Å²) in [6.45, 7) is 2.40. The summed E-state index contributed by atoms with van der Waals surface area (Å²) in [6.07, 6.45) is 0.519. The Bertz CT molecular complexity index is 574. The monoisotopic (exact) mass is 279 g/mol. The van der Waals surface area contributed by atoms with Gasteiger partial charge in [0.2, 0.25) is 5.91 Å². The average molecular weight is 279 g/mol. The summed E-state index contributed by atoms with van der Waals surface area (Å²) in [4.78, 5) is 13.3. The lowest BCUT2D eigenvalue weighted by Gasteiger charge is -2.24. The maximum Gasteiger partial charge on any atom is 0.227 e. The molecule has 1 aliphatic heterocycles. The van der Waals surface area contributed by atoms with E-state index < -0.39 is 17.0 Å². The Balaban J connectivity index is 2.32. The van der Waals surface area contributed by atoms with Crippen LogP contribution in [0.2, 0.25) is 0 Å². The second-order valence-corrected chi connectivity index (χ2v) is 5.21. The SMILES string of the molecule is CNC(=O)C1(C)CCN(c2c(F)cc(C#N)cc2F)C1. The van der Waals surface area contributed by atoms with E-state index in [-0.39, 0.29) is 23.7 Å². The largest absolute Gasteiger partial charge is 0.366 e. The first-order valence-corrected chi connectivity index (χ1v) is 6.27. The van der Waals surface area contributed by atoms with E-state index >= 15 is 0 Å². The summed E-state index contributed by atoms with van der Waals surface area (Å²) in [7, 11) is 1.54. The highest BCUT2D eigenvalue weighted by Crippen LogP contribution is 2.36. The lowest BCUT2D eigenvalue weighted by Crippen LogP contribution is -2.39. The maximum atomic E-state index is 14.0. The fraction of sp³-hybridized carbons (Fsp3) is 0.429. The third kappa shape index (κ3) is 2.31. The van der Waals surface area contributed by atoms with E-state index in [1.54, 1.807) is 20.0 Å². The molecule has 2 rings (SSSR count). The number of nitrogens with zero attached hydrogens (tertiary/aromatic N) is 2. The molecule has 1 N–H and O–H groups in total. The topological polar surface area (TPSA) is 56.1 Å². The van der Waals surface area contributed by atoms with Crippen LogP contribution in [-0.2, 0) is 4.79 Å². The zero-order valence-corrected chi connectivity index (χ0v) is 11.3. The van der Waals surface area contributed by atoms with Crippen LogP contribution >= 0.6 is 0 Å². The molecule has 1 heterocycles. The minimum atomic E-state index is -0.775. The molecule has 0 aromatic heterocycles. The van der Waals surface area contributed by atoms with E-state index in [4.69, 9.17) is 5.26 Å². The maximum absolute atomic E-state index is 14.0. The van der Waals surface area contributed by atoms with Gasteiger partial charge in [0, 0.05) is 20.1 Å². The van der Waals surface area contributed by atoms with E-state index in [0.29, 0.717) is 13.0 Å². The van der Waals surface area contributed by atoms with Gasteiger partial charge in [0.25, 0.3) is 0 Å². The van der Waals surface area contributed by atoms with Crippen LogP contribution in [0.4, 0.5) is 14.5 Å². The number of carbonyl (C=O) groups is 1. The fourth-order valence-electron chi connectivity index (χ4n) is 2.57. The Labute approximate surface area is 116 Å². The van der Waals surface area contributed by atoms with Gasteiger partial charge in [-0.1, -0.05) is 0 Å². The zero-order valence-electron chi connectivity index (χ0n) is 11.3. The summed E-state index contributed by atoms with van der Waals surface area (Å²) in [5.41, 5.74) is -0.893. The number of nitriles is 1. The van der Waals surface area contributed by atoms with Gasteiger partial charge in [-0.2, -0.15) is 5.26 Å². The molecule has 0 saturated carbocycles. The van der Waals surface area contributed by atoms with Crippen molar-refractivity contribution in [3.8, 4) is 6.07 Å². The highest BCUT2D eigenvalue weighted by atomic mass is 19.1. The van der Waals surface area contributed by atoms with Gasteiger partial charge in [-0.25, -0.2) is 8.78 Å². The molecule has 1 fully saturated rings. The Kier molecular flexibility index (Phi) is 3.62. The lowest BCUT2D eigenvalue weighted by molar-refractivity contribution is -0.128. The zero-order chi connectivity index (χ0) is 14.9. The highest BCUT2D eigenvalue weighted by Gasteiger charge is 2.41. The first-order chi connectivity index (χ1) is 9.41. The molecule has 1 unspecified atom stereocenters. The minimum Gasteiger partial charge on any atom is -0.366 e. The summed E-state index contributed by atoms with van der Waals surface area (Å²) in [5, 5.41) is 11.3. The van der Waals surface area contributed by atoms with Crippen molar-refractivity contribution in [3.05, 3.63) is 29.3 Å². The molecule has 1 atom stereocenters. The molecule has 4 nitrogen and oxygen atoms in total. The van der Waals surface area contributed by atoms with E-state index in [0.717, 1.165) is 12.1 Å². The molecule has 106 valence electrons. The Morgan fingerprint density at radius 3 is 2.55 bits per heavy atom. The van der Waals surface area contributed by atoms with Crippen molar-refractivity contribution < 1.29 is 13.6 Å². The summed E-state index contributed by atoms with van der Waals surface area (Å²) in [6, 6.07) is 3.72. The van der Waals surface area contributed by atoms with Crippen molar-refractivity contribution in [3.63, 3.8) is 0 Å². The van der Waals surface area contributed by atoms with Gasteiger partial charge in [-0.15, -0.1) is 0 Å². The van der Waals surface area contributed by atoms with Gasteiger partial charge in [0.15, 0.2) is 11.6 Å².